The summed E-state index contributed by atoms with van der Waals surface area (Å²) in [5.41, 5.74) is 1.03. The summed E-state index contributed by atoms with van der Waals surface area (Å²) in [7, 11) is 1.41. The maximum atomic E-state index is 11.7. The Morgan fingerprint density at radius 1 is 1.26 bits per heavy atom. The average molecular weight is 381 g/mol. The Balaban J connectivity index is 2.93. The van der Waals surface area contributed by atoms with Crippen molar-refractivity contribution in [2.75, 3.05) is 7.11 Å². The quantitative estimate of drug-likeness (QED) is 0.244. The molecule has 1 fully saturated rings. The van der Waals surface area contributed by atoms with Gasteiger partial charge in [0.25, 0.3) is 0 Å². The Bertz CT molecular complexity index is 497. The van der Waals surface area contributed by atoms with Gasteiger partial charge in [0.15, 0.2) is 0 Å². The highest BCUT2D eigenvalue weighted by atomic mass is 17.2. The van der Waals surface area contributed by atoms with E-state index in [0.29, 0.717) is 5.92 Å². The number of allylic oxidation sites excluding steroid dienone is 3. The Kier molecular flexibility index (Phi) is 10.9. The Labute approximate surface area is 166 Å². The molecule has 0 aliphatic carbocycles. The zero-order valence-corrected chi connectivity index (χ0v) is 18.3. The molecule has 0 N–H and O–H groups in total. The van der Waals surface area contributed by atoms with Crippen LogP contribution in [0.3, 0.4) is 0 Å². The molecule has 4 nitrogen and oxygen atoms in total. The molecule has 1 aliphatic rings. The molecule has 1 saturated heterocycles. The van der Waals surface area contributed by atoms with Gasteiger partial charge in [-0.1, -0.05) is 64.8 Å². The van der Waals surface area contributed by atoms with E-state index < -0.39 is 5.60 Å². The first-order valence-electron chi connectivity index (χ1n) is 10.8. The maximum Gasteiger partial charge on any atom is 0.308 e. The van der Waals surface area contributed by atoms with Crippen molar-refractivity contribution in [1.82, 2.24) is 0 Å². The van der Waals surface area contributed by atoms with E-state index in [9.17, 15) is 4.79 Å². The molecule has 4 heteroatoms. The second kappa shape index (κ2) is 12.4. The highest BCUT2D eigenvalue weighted by Gasteiger charge is 2.41. The summed E-state index contributed by atoms with van der Waals surface area (Å²) in [6.07, 6.45) is 14.0. The summed E-state index contributed by atoms with van der Waals surface area (Å²) >= 11 is 0. The van der Waals surface area contributed by atoms with Crippen LogP contribution in [0.25, 0.3) is 0 Å². The molecule has 27 heavy (non-hydrogen) atoms. The van der Waals surface area contributed by atoms with Crippen LogP contribution < -0.4 is 0 Å². The second-order valence-corrected chi connectivity index (χ2v) is 7.65. The van der Waals surface area contributed by atoms with Crippen LogP contribution in [0.2, 0.25) is 0 Å². The van der Waals surface area contributed by atoms with Gasteiger partial charge in [0.1, 0.15) is 11.7 Å². The van der Waals surface area contributed by atoms with Crippen LogP contribution in [-0.2, 0) is 19.3 Å². The highest BCUT2D eigenvalue weighted by molar-refractivity contribution is 5.69. The van der Waals surface area contributed by atoms with Crippen LogP contribution in [-0.4, -0.2) is 24.8 Å². The topological polar surface area (TPSA) is 44.8 Å². The summed E-state index contributed by atoms with van der Waals surface area (Å²) in [4.78, 5) is 23.3. The van der Waals surface area contributed by atoms with Gasteiger partial charge >= 0.3 is 5.97 Å². The second-order valence-electron chi connectivity index (χ2n) is 7.65. The largest absolute Gasteiger partial charge is 0.469 e. The number of carbonyl (C=O) groups is 1. The van der Waals surface area contributed by atoms with Crippen molar-refractivity contribution in [1.29, 1.82) is 0 Å². The lowest BCUT2D eigenvalue weighted by Crippen LogP contribution is -2.44. The van der Waals surface area contributed by atoms with Gasteiger partial charge in [-0.05, 0) is 50.4 Å². The third-order valence-electron chi connectivity index (χ3n) is 5.80. The number of rotatable bonds is 11. The molecule has 4 atom stereocenters. The first kappa shape index (κ1) is 23.9. The Morgan fingerprint density at radius 2 is 2.00 bits per heavy atom. The molecule has 0 bridgehead atoms. The number of methoxy groups -OCH3 is 1. The van der Waals surface area contributed by atoms with E-state index in [2.05, 4.69) is 52.8 Å². The zero-order chi connectivity index (χ0) is 20.3. The molecule has 0 aromatic heterocycles. The third-order valence-corrected chi connectivity index (χ3v) is 5.80. The molecule has 1 aliphatic heterocycles. The Morgan fingerprint density at radius 3 is 2.52 bits per heavy atom. The van der Waals surface area contributed by atoms with Crippen LogP contribution >= 0.6 is 0 Å². The van der Waals surface area contributed by atoms with E-state index >= 15 is 0 Å². The molecule has 0 aromatic carbocycles. The average Bonchev–Trinajstić information content (AvgIpc) is 2.71. The van der Waals surface area contributed by atoms with Crippen molar-refractivity contribution >= 4 is 5.97 Å². The third kappa shape index (κ3) is 7.42. The smallest absolute Gasteiger partial charge is 0.308 e. The van der Waals surface area contributed by atoms with Crippen LogP contribution in [0.5, 0.6) is 0 Å². The molecule has 0 aromatic rings. The predicted octanol–water partition coefficient (Wildman–Crippen LogP) is 6.16. The summed E-state index contributed by atoms with van der Waals surface area (Å²) in [6, 6.07) is 0. The Hall–Kier alpha value is -1.13. The summed E-state index contributed by atoms with van der Waals surface area (Å²) in [6.45, 7) is 10.9. The zero-order valence-electron chi connectivity index (χ0n) is 18.3. The van der Waals surface area contributed by atoms with Crippen LogP contribution in [0.4, 0.5) is 0 Å². The lowest BCUT2D eigenvalue weighted by atomic mass is 9.80. The van der Waals surface area contributed by atoms with E-state index in [4.69, 9.17) is 14.5 Å². The van der Waals surface area contributed by atoms with E-state index in [1.54, 1.807) is 0 Å². The summed E-state index contributed by atoms with van der Waals surface area (Å²) in [5.74, 6) is 0.613. The van der Waals surface area contributed by atoms with Crippen molar-refractivity contribution in [3.05, 3.63) is 23.8 Å². The van der Waals surface area contributed by atoms with Crippen molar-refractivity contribution in [2.45, 2.75) is 97.7 Å². The van der Waals surface area contributed by atoms with Crippen molar-refractivity contribution in [3.63, 3.8) is 0 Å². The number of carbonyl (C=O) groups excluding carboxylic acids is 1. The molecule has 156 valence electrons. The monoisotopic (exact) mass is 380 g/mol. The van der Waals surface area contributed by atoms with Crippen LogP contribution in [0.15, 0.2) is 23.8 Å². The summed E-state index contributed by atoms with van der Waals surface area (Å²) in [5, 5.41) is 0. The number of ether oxygens (including phenoxy) is 1. The van der Waals surface area contributed by atoms with Crippen LogP contribution in [0, 0.1) is 11.8 Å². The molecule has 0 spiro atoms. The highest BCUT2D eigenvalue weighted by Crippen LogP contribution is 2.39. The van der Waals surface area contributed by atoms with Crippen molar-refractivity contribution in [3.8, 4) is 0 Å². The lowest BCUT2D eigenvalue weighted by molar-refractivity contribution is -0.409. The summed E-state index contributed by atoms with van der Waals surface area (Å²) < 4.78 is 4.80. The number of esters is 1. The van der Waals surface area contributed by atoms with E-state index in [-0.39, 0.29) is 24.4 Å². The standard InChI is InChI=1S/C23H40O4/c1-7-12-13-18(8-2)14-19(9-3)16-23(11-5)17-20(10-4)21(26-27-23)15-22(24)25-6/h12-13,16,18,20-21H,7-11,14-15,17H2,1-6H3/b13-12+,19-16+/t18?,20-,21-,23-/m1/s1. The molecular weight excluding hydrogens is 340 g/mol. The van der Waals surface area contributed by atoms with Crippen molar-refractivity contribution < 1.29 is 19.3 Å². The van der Waals surface area contributed by atoms with Crippen LogP contribution in [0.1, 0.15) is 86.0 Å². The predicted molar refractivity (Wildman–Crippen MR) is 110 cm³/mol. The lowest BCUT2D eigenvalue weighted by Gasteiger charge is -2.41. The normalized spacial score (nSPS) is 27.7. The molecule has 1 unspecified atom stereocenters. The minimum absolute atomic E-state index is 0.225. The minimum Gasteiger partial charge on any atom is -0.469 e. The first-order chi connectivity index (χ1) is 13.0. The van der Waals surface area contributed by atoms with E-state index in [1.165, 1.54) is 12.7 Å². The fourth-order valence-electron chi connectivity index (χ4n) is 3.78. The molecular formula is C23H40O4. The fourth-order valence-corrected chi connectivity index (χ4v) is 3.78. The van der Waals surface area contributed by atoms with Gasteiger partial charge in [0, 0.05) is 0 Å². The van der Waals surface area contributed by atoms with Gasteiger partial charge in [-0.15, -0.1) is 0 Å². The molecule has 0 radical (unpaired) electrons. The molecule has 0 saturated carbocycles. The molecule has 1 heterocycles. The molecule has 1 rings (SSSR count). The molecule has 0 amide bonds. The van der Waals surface area contributed by atoms with Gasteiger partial charge in [0.2, 0.25) is 0 Å². The SMILES string of the molecule is CC/C=C/C(CC)C/C(=C/[C@]1(CC)C[C@@H](CC)[C@@H](CC(=O)OC)OO1)CC. The van der Waals surface area contributed by atoms with Crippen molar-refractivity contribution in [2.24, 2.45) is 11.8 Å². The maximum absolute atomic E-state index is 11.7. The van der Waals surface area contributed by atoms with Gasteiger partial charge in [-0.2, -0.15) is 0 Å². The number of hydrogen-bond acceptors (Lipinski definition) is 4. The van der Waals surface area contributed by atoms with Gasteiger partial charge < -0.3 is 4.74 Å². The van der Waals surface area contributed by atoms with Gasteiger partial charge in [-0.3, -0.25) is 4.79 Å². The number of hydrogen-bond donors (Lipinski definition) is 0. The first-order valence-corrected chi connectivity index (χ1v) is 10.8. The minimum atomic E-state index is -0.397. The van der Waals surface area contributed by atoms with E-state index in [1.807, 2.05) is 0 Å². The van der Waals surface area contributed by atoms with Gasteiger partial charge in [-0.25, -0.2) is 9.78 Å². The van der Waals surface area contributed by atoms with E-state index in [0.717, 1.165) is 44.9 Å². The van der Waals surface area contributed by atoms with Gasteiger partial charge in [0.05, 0.1) is 13.5 Å². The fraction of sp³-hybridized carbons (Fsp3) is 0.783.